The molecule has 0 bridgehead atoms. The highest BCUT2D eigenvalue weighted by Crippen LogP contribution is 2.35. The van der Waals surface area contributed by atoms with Gasteiger partial charge >= 0.3 is 5.97 Å². The Morgan fingerprint density at radius 1 is 1.12 bits per heavy atom. The SMILES string of the molecule is C=CC(=O)N1c2ccc(OCOCCOC)cc2C[C@H](OC(=O)c2ccccc2)[C@H]1C=C. The highest BCUT2D eigenvalue weighted by atomic mass is 16.7. The van der Waals surface area contributed by atoms with Gasteiger partial charge in [-0.3, -0.25) is 9.69 Å². The summed E-state index contributed by atoms with van der Waals surface area (Å²) in [4.78, 5) is 27.0. The molecule has 7 heteroatoms. The Labute approximate surface area is 187 Å². The fraction of sp³-hybridized carbons (Fsp3) is 0.280. The standard InChI is InChI=1S/C25H27NO6/c1-4-21-23(32-25(28)18-9-7-6-8-10-18)16-19-15-20(31-17-30-14-13-29-3)11-12-22(19)26(21)24(27)5-2/h4-12,15,21,23H,1-2,13-14,16-17H2,3H3/t21-,23+/m1/s1. The molecule has 1 amide bonds. The summed E-state index contributed by atoms with van der Waals surface area (Å²) >= 11 is 0. The Balaban J connectivity index is 1.84. The van der Waals surface area contributed by atoms with Gasteiger partial charge in [0.1, 0.15) is 11.9 Å². The highest BCUT2D eigenvalue weighted by Gasteiger charge is 2.38. The van der Waals surface area contributed by atoms with Crippen molar-refractivity contribution in [3.63, 3.8) is 0 Å². The van der Waals surface area contributed by atoms with Gasteiger partial charge in [0.2, 0.25) is 0 Å². The molecule has 2 atom stereocenters. The van der Waals surface area contributed by atoms with Crippen LogP contribution in [0.15, 0.2) is 73.8 Å². The van der Waals surface area contributed by atoms with E-state index in [2.05, 4.69) is 13.2 Å². The van der Waals surface area contributed by atoms with Gasteiger partial charge in [0, 0.05) is 19.2 Å². The topological polar surface area (TPSA) is 74.3 Å². The molecule has 0 aromatic heterocycles. The summed E-state index contributed by atoms with van der Waals surface area (Å²) in [5.74, 6) is -0.193. The third-order valence-corrected chi connectivity index (χ3v) is 5.07. The first-order chi connectivity index (χ1) is 15.6. The molecule has 2 aromatic rings. The van der Waals surface area contributed by atoms with Crippen LogP contribution in [0.2, 0.25) is 0 Å². The molecule has 32 heavy (non-hydrogen) atoms. The second-order valence-electron chi connectivity index (χ2n) is 7.11. The number of nitrogens with zero attached hydrogens (tertiary/aromatic N) is 1. The number of esters is 1. The van der Waals surface area contributed by atoms with E-state index in [1.807, 2.05) is 12.1 Å². The van der Waals surface area contributed by atoms with Crippen LogP contribution in [0.1, 0.15) is 15.9 Å². The molecule has 0 unspecified atom stereocenters. The molecule has 1 aliphatic heterocycles. The summed E-state index contributed by atoms with van der Waals surface area (Å²) in [6.45, 7) is 8.44. The van der Waals surface area contributed by atoms with Crippen molar-refractivity contribution < 1.29 is 28.5 Å². The molecular formula is C25H27NO6. The summed E-state index contributed by atoms with van der Waals surface area (Å²) < 4.78 is 21.7. The average molecular weight is 437 g/mol. The molecule has 7 nitrogen and oxygen atoms in total. The minimum Gasteiger partial charge on any atom is -0.468 e. The average Bonchev–Trinajstić information content (AvgIpc) is 2.83. The first-order valence-corrected chi connectivity index (χ1v) is 10.3. The van der Waals surface area contributed by atoms with E-state index in [1.54, 1.807) is 54.5 Å². The zero-order valence-electron chi connectivity index (χ0n) is 18.1. The number of amides is 1. The van der Waals surface area contributed by atoms with E-state index >= 15 is 0 Å². The van der Waals surface area contributed by atoms with Crippen LogP contribution in [0.5, 0.6) is 5.75 Å². The van der Waals surface area contributed by atoms with Crippen molar-refractivity contribution in [1.82, 2.24) is 0 Å². The molecule has 0 radical (unpaired) electrons. The van der Waals surface area contributed by atoms with Crippen molar-refractivity contribution in [1.29, 1.82) is 0 Å². The third kappa shape index (κ3) is 5.43. The zero-order chi connectivity index (χ0) is 22.9. The van der Waals surface area contributed by atoms with Gasteiger partial charge in [0.15, 0.2) is 6.79 Å². The number of carbonyl (C=O) groups is 2. The van der Waals surface area contributed by atoms with Gasteiger partial charge in [-0.2, -0.15) is 0 Å². The Bertz CT molecular complexity index is 958. The number of carbonyl (C=O) groups excluding carboxylic acids is 2. The maximum atomic E-state index is 12.7. The van der Waals surface area contributed by atoms with E-state index in [1.165, 1.54) is 6.08 Å². The van der Waals surface area contributed by atoms with Crippen molar-refractivity contribution in [3.8, 4) is 5.75 Å². The summed E-state index contributed by atoms with van der Waals surface area (Å²) in [6, 6.07) is 13.6. The monoisotopic (exact) mass is 437 g/mol. The van der Waals surface area contributed by atoms with Crippen LogP contribution in [0.25, 0.3) is 0 Å². The number of hydrogen-bond acceptors (Lipinski definition) is 6. The van der Waals surface area contributed by atoms with Crippen molar-refractivity contribution in [2.75, 3.05) is 32.0 Å². The first-order valence-electron chi connectivity index (χ1n) is 10.3. The molecule has 0 saturated carbocycles. The second kappa shape index (κ2) is 11.3. The zero-order valence-corrected chi connectivity index (χ0v) is 18.1. The number of methoxy groups -OCH3 is 1. The fourth-order valence-corrected chi connectivity index (χ4v) is 3.54. The lowest BCUT2D eigenvalue weighted by molar-refractivity contribution is -0.115. The maximum Gasteiger partial charge on any atom is 0.338 e. The van der Waals surface area contributed by atoms with Crippen molar-refractivity contribution in [3.05, 3.63) is 85.0 Å². The van der Waals surface area contributed by atoms with E-state index in [-0.39, 0.29) is 12.7 Å². The van der Waals surface area contributed by atoms with Gasteiger partial charge < -0.3 is 18.9 Å². The minimum atomic E-state index is -0.621. The third-order valence-electron chi connectivity index (χ3n) is 5.07. The molecule has 3 rings (SSSR count). The van der Waals surface area contributed by atoms with E-state index in [0.717, 1.165) is 5.56 Å². The Morgan fingerprint density at radius 2 is 1.91 bits per heavy atom. The normalized spacial score (nSPS) is 17.2. The molecule has 168 valence electrons. The van der Waals surface area contributed by atoms with Gasteiger partial charge in [-0.05, 0) is 42.0 Å². The lowest BCUT2D eigenvalue weighted by Crippen LogP contribution is -2.51. The fourth-order valence-electron chi connectivity index (χ4n) is 3.54. The van der Waals surface area contributed by atoms with E-state index in [4.69, 9.17) is 18.9 Å². The molecule has 1 aliphatic rings. The molecule has 0 aliphatic carbocycles. The van der Waals surface area contributed by atoms with Crippen LogP contribution in [0.4, 0.5) is 5.69 Å². The largest absolute Gasteiger partial charge is 0.468 e. The molecular weight excluding hydrogens is 410 g/mol. The van der Waals surface area contributed by atoms with Crippen LogP contribution < -0.4 is 9.64 Å². The van der Waals surface area contributed by atoms with Crippen molar-refractivity contribution >= 4 is 17.6 Å². The number of fused-ring (bicyclic) bond motifs is 1. The second-order valence-corrected chi connectivity index (χ2v) is 7.11. The van der Waals surface area contributed by atoms with E-state index in [9.17, 15) is 9.59 Å². The Morgan fingerprint density at radius 3 is 2.59 bits per heavy atom. The highest BCUT2D eigenvalue weighted by molar-refractivity contribution is 6.03. The number of rotatable bonds is 10. The summed E-state index contributed by atoms with van der Waals surface area (Å²) in [6.07, 6.45) is 2.62. The molecule has 0 spiro atoms. The quantitative estimate of drug-likeness (QED) is 0.186. The van der Waals surface area contributed by atoms with Crippen LogP contribution in [-0.2, 0) is 25.4 Å². The van der Waals surface area contributed by atoms with Gasteiger partial charge in [-0.1, -0.05) is 30.9 Å². The predicted octanol–water partition coefficient (Wildman–Crippen LogP) is 3.54. The van der Waals surface area contributed by atoms with Gasteiger partial charge in [-0.25, -0.2) is 4.79 Å². The van der Waals surface area contributed by atoms with Gasteiger partial charge in [0.05, 0.1) is 24.8 Å². The van der Waals surface area contributed by atoms with Crippen LogP contribution in [-0.4, -0.2) is 51.1 Å². The smallest absolute Gasteiger partial charge is 0.338 e. The molecule has 0 N–H and O–H groups in total. The minimum absolute atomic E-state index is 0.0686. The van der Waals surface area contributed by atoms with Crippen LogP contribution in [0, 0.1) is 0 Å². The van der Waals surface area contributed by atoms with E-state index < -0.39 is 18.1 Å². The van der Waals surface area contributed by atoms with E-state index in [0.29, 0.717) is 36.6 Å². The number of anilines is 1. The summed E-state index contributed by atoms with van der Waals surface area (Å²) in [5.41, 5.74) is 1.94. The van der Waals surface area contributed by atoms with Gasteiger partial charge in [0.25, 0.3) is 5.91 Å². The molecule has 1 heterocycles. The Hall–Kier alpha value is -3.42. The molecule has 0 saturated heterocycles. The summed E-state index contributed by atoms with van der Waals surface area (Å²) in [5, 5.41) is 0. The number of benzene rings is 2. The molecule has 0 fully saturated rings. The lowest BCUT2D eigenvalue weighted by atomic mass is 9.92. The molecule has 2 aromatic carbocycles. The van der Waals surface area contributed by atoms with Gasteiger partial charge in [-0.15, -0.1) is 6.58 Å². The number of ether oxygens (including phenoxy) is 4. The predicted molar refractivity (Wildman–Crippen MR) is 121 cm³/mol. The van der Waals surface area contributed by atoms with Crippen molar-refractivity contribution in [2.24, 2.45) is 0 Å². The van der Waals surface area contributed by atoms with Crippen molar-refractivity contribution in [2.45, 2.75) is 18.6 Å². The van der Waals surface area contributed by atoms with Crippen LogP contribution >= 0.6 is 0 Å². The van der Waals surface area contributed by atoms with Crippen LogP contribution in [0.3, 0.4) is 0 Å². The first kappa shape index (κ1) is 23.2. The Kier molecular flexibility index (Phi) is 8.19. The summed E-state index contributed by atoms with van der Waals surface area (Å²) in [7, 11) is 1.60. The lowest BCUT2D eigenvalue weighted by Gasteiger charge is -2.40. The maximum absolute atomic E-state index is 12.7. The number of hydrogen-bond donors (Lipinski definition) is 0.